The molecule has 2 rings (SSSR count). The predicted octanol–water partition coefficient (Wildman–Crippen LogP) is 2.50. The van der Waals surface area contributed by atoms with Crippen molar-refractivity contribution in [1.29, 1.82) is 0 Å². The maximum atomic E-state index is 5.78. The van der Waals surface area contributed by atoms with Crippen LogP contribution in [0.15, 0.2) is 12.3 Å². The Morgan fingerprint density at radius 3 is 3.06 bits per heavy atom. The van der Waals surface area contributed by atoms with Crippen LogP contribution in [0.5, 0.6) is 0 Å². The molecule has 1 saturated heterocycles. The molecule has 0 bridgehead atoms. The average molecular weight is 242 g/mol. The lowest BCUT2D eigenvalue weighted by molar-refractivity contribution is -0.0553. The number of hydrogen-bond donors (Lipinski definition) is 1. The molecule has 1 fully saturated rings. The van der Waals surface area contributed by atoms with E-state index in [4.69, 9.17) is 16.3 Å². The van der Waals surface area contributed by atoms with Gasteiger partial charge in [0.2, 0.25) is 0 Å². The lowest BCUT2D eigenvalue weighted by Crippen LogP contribution is -2.40. The van der Waals surface area contributed by atoms with Gasteiger partial charge >= 0.3 is 0 Å². The van der Waals surface area contributed by atoms with Gasteiger partial charge in [0.05, 0.1) is 17.5 Å². The lowest BCUT2D eigenvalue weighted by Gasteiger charge is -2.36. The van der Waals surface area contributed by atoms with E-state index in [0.717, 1.165) is 25.1 Å². The number of hydrogen-bond acceptors (Lipinski definition) is 4. The molecule has 0 aromatic carbocycles. The van der Waals surface area contributed by atoms with Crippen molar-refractivity contribution in [2.75, 3.05) is 11.9 Å². The molecule has 1 aromatic rings. The summed E-state index contributed by atoms with van der Waals surface area (Å²) in [6.07, 6.45) is 3.67. The summed E-state index contributed by atoms with van der Waals surface area (Å²) in [5.74, 6) is 0. The van der Waals surface area contributed by atoms with Gasteiger partial charge in [-0.3, -0.25) is 0 Å². The van der Waals surface area contributed by atoms with E-state index in [1.807, 2.05) is 0 Å². The zero-order chi connectivity index (χ0) is 11.6. The summed E-state index contributed by atoms with van der Waals surface area (Å²) in [6.45, 7) is 5.01. The number of anilines is 1. The molecule has 2 heterocycles. The molecule has 1 unspecified atom stereocenters. The normalized spacial score (nSPS) is 24.1. The maximum absolute atomic E-state index is 5.78. The Hall–Kier alpha value is -0.870. The quantitative estimate of drug-likeness (QED) is 0.864. The van der Waals surface area contributed by atoms with Gasteiger partial charge in [-0.1, -0.05) is 11.6 Å². The molecule has 1 aliphatic heterocycles. The number of rotatable bonds is 2. The molecule has 16 heavy (non-hydrogen) atoms. The zero-order valence-electron chi connectivity index (χ0n) is 9.53. The van der Waals surface area contributed by atoms with Gasteiger partial charge in [-0.15, -0.1) is 5.10 Å². The fourth-order valence-electron chi connectivity index (χ4n) is 2.01. The molecular weight excluding hydrogens is 226 g/mol. The van der Waals surface area contributed by atoms with Crippen LogP contribution in [-0.4, -0.2) is 28.4 Å². The van der Waals surface area contributed by atoms with Gasteiger partial charge in [-0.25, -0.2) is 0 Å². The fourth-order valence-corrected chi connectivity index (χ4v) is 2.17. The number of ether oxygens (including phenoxy) is 1. The van der Waals surface area contributed by atoms with Crippen LogP contribution in [0.2, 0.25) is 5.15 Å². The summed E-state index contributed by atoms with van der Waals surface area (Å²) in [4.78, 5) is 0. The van der Waals surface area contributed by atoms with Crippen molar-refractivity contribution in [3.63, 3.8) is 0 Å². The minimum absolute atomic E-state index is 0.0554. The number of nitrogens with one attached hydrogen (secondary N) is 1. The standard InChI is InChI=1S/C11H16ClN3O/c1-11(2)6-8(3-4-16-11)14-9-5-10(12)15-13-7-9/h5,7-8H,3-4,6H2,1-2H3,(H,14,15). The highest BCUT2D eigenvalue weighted by atomic mass is 35.5. The molecule has 88 valence electrons. The highest BCUT2D eigenvalue weighted by Crippen LogP contribution is 2.26. The summed E-state index contributed by atoms with van der Waals surface area (Å²) in [6, 6.07) is 2.20. The fraction of sp³-hybridized carbons (Fsp3) is 0.636. The van der Waals surface area contributed by atoms with Gasteiger partial charge in [-0.2, -0.15) is 5.10 Å². The first-order chi connectivity index (χ1) is 7.55. The minimum atomic E-state index is -0.0554. The van der Waals surface area contributed by atoms with Crippen molar-refractivity contribution in [2.45, 2.75) is 38.3 Å². The minimum Gasteiger partial charge on any atom is -0.381 e. The second kappa shape index (κ2) is 4.55. The summed E-state index contributed by atoms with van der Waals surface area (Å²) in [7, 11) is 0. The Morgan fingerprint density at radius 2 is 2.38 bits per heavy atom. The summed E-state index contributed by atoms with van der Waals surface area (Å²) >= 11 is 5.78. The number of nitrogens with zero attached hydrogens (tertiary/aromatic N) is 2. The summed E-state index contributed by atoms with van der Waals surface area (Å²) in [5, 5.41) is 11.3. The summed E-state index contributed by atoms with van der Waals surface area (Å²) < 4.78 is 5.66. The van der Waals surface area contributed by atoms with Gasteiger partial charge in [0.25, 0.3) is 0 Å². The van der Waals surface area contributed by atoms with Crippen molar-refractivity contribution >= 4 is 17.3 Å². The second-order valence-corrected chi connectivity index (χ2v) is 5.10. The molecule has 4 nitrogen and oxygen atoms in total. The first-order valence-electron chi connectivity index (χ1n) is 5.44. The van der Waals surface area contributed by atoms with E-state index >= 15 is 0 Å². The smallest absolute Gasteiger partial charge is 0.153 e. The lowest BCUT2D eigenvalue weighted by atomic mass is 9.94. The summed E-state index contributed by atoms with van der Waals surface area (Å²) in [5.41, 5.74) is 0.864. The first kappa shape index (κ1) is 11.6. The Balaban J connectivity index is 1.99. The molecule has 1 aliphatic rings. The van der Waals surface area contributed by atoms with Crippen LogP contribution in [-0.2, 0) is 4.74 Å². The van der Waals surface area contributed by atoms with Gasteiger partial charge < -0.3 is 10.1 Å². The third-order valence-electron chi connectivity index (χ3n) is 2.69. The Bertz CT molecular complexity index is 370. The van der Waals surface area contributed by atoms with E-state index in [1.165, 1.54) is 0 Å². The Kier molecular flexibility index (Phi) is 3.30. The van der Waals surface area contributed by atoms with Crippen LogP contribution in [0.25, 0.3) is 0 Å². The monoisotopic (exact) mass is 241 g/mol. The third kappa shape index (κ3) is 3.06. The van der Waals surface area contributed by atoms with E-state index in [1.54, 1.807) is 12.3 Å². The highest BCUT2D eigenvalue weighted by molar-refractivity contribution is 6.29. The van der Waals surface area contributed by atoms with Crippen LogP contribution >= 0.6 is 11.6 Å². The number of halogens is 1. The zero-order valence-corrected chi connectivity index (χ0v) is 10.3. The molecule has 0 saturated carbocycles. The van der Waals surface area contributed by atoms with E-state index in [9.17, 15) is 0 Å². The molecule has 0 radical (unpaired) electrons. The van der Waals surface area contributed by atoms with Crippen LogP contribution in [0.4, 0.5) is 5.69 Å². The van der Waals surface area contributed by atoms with Crippen molar-refractivity contribution in [2.24, 2.45) is 0 Å². The van der Waals surface area contributed by atoms with Gasteiger partial charge in [0, 0.05) is 18.7 Å². The molecule has 0 aliphatic carbocycles. The highest BCUT2D eigenvalue weighted by Gasteiger charge is 2.28. The first-order valence-corrected chi connectivity index (χ1v) is 5.82. The molecule has 1 aromatic heterocycles. The van der Waals surface area contributed by atoms with Crippen molar-refractivity contribution < 1.29 is 4.74 Å². The number of aromatic nitrogens is 2. The second-order valence-electron chi connectivity index (χ2n) is 4.71. The van der Waals surface area contributed by atoms with E-state index in [-0.39, 0.29) is 5.60 Å². The molecule has 1 atom stereocenters. The predicted molar refractivity (Wildman–Crippen MR) is 63.7 cm³/mol. The molecule has 1 N–H and O–H groups in total. The van der Waals surface area contributed by atoms with Crippen molar-refractivity contribution in [3.05, 3.63) is 17.4 Å². The van der Waals surface area contributed by atoms with Crippen LogP contribution in [0.1, 0.15) is 26.7 Å². The van der Waals surface area contributed by atoms with Crippen LogP contribution < -0.4 is 5.32 Å². The van der Waals surface area contributed by atoms with Gasteiger partial charge in [-0.05, 0) is 26.7 Å². The van der Waals surface area contributed by atoms with Crippen molar-refractivity contribution in [1.82, 2.24) is 10.2 Å². The van der Waals surface area contributed by atoms with Crippen molar-refractivity contribution in [3.8, 4) is 0 Å². The van der Waals surface area contributed by atoms with Crippen LogP contribution in [0, 0.1) is 0 Å². The molecule has 0 spiro atoms. The topological polar surface area (TPSA) is 47.0 Å². The maximum Gasteiger partial charge on any atom is 0.153 e. The molecule has 0 amide bonds. The van der Waals surface area contributed by atoms with Crippen LogP contribution in [0.3, 0.4) is 0 Å². The van der Waals surface area contributed by atoms with E-state index in [2.05, 4.69) is 29.4 Å². The SMILES string of the molecule is CC1(C)CC(Nc2cnnc(Cl)c2)CCO1. The average Bonchev–Trinajstić information content (AvgIpc) is 2.15. The Labute approximate surface area is 100 Å². The van der Waals surface area contributed by atoms with Gasteiger partial charge in [0.1, 0.15) is 0 Å². The largest absolute Gasteiger partial charge is 0.381 e. The van der Waals surface area contributed by atoms with Gasteiger partial charge in [0.15, 0.2) is 5.15 Å². The molecular formula is C11H16ClN3O. The third-order valence-corrected chi connectivity index (χ3v) is 2.88. The van der Waals surface area contributed by atoms with E-state index in [0.29, 0.717) is 11.2 Å². The van der Waals surface area contributed by atoms with E-state index < -0.39 is 0 Å². The Morgan fingerprint density at radius 1 is 1.56 bits per heavy atom. The molecule has 5 heteroatoms.